The Bertz CT molecular complexity index is 473. The Morgan fingerprint density at radius 3 is 2.88 bits per heavy atom. The summed E-state index contributed by atoms with van der Waals surface area (Å²) in [6.07, 6.45) is 3.02. The standard InChI is InChI=1S/C14H19NO/c1-4-10(2)11-5-6-14-13(7-11)12(8-15-3)9-16-14/h5-7,9-10,15H,4,8H2,1-3H3. The third kappa shape index (κ3) is 1.98. The molecule has 0 fully saturated rings. The van der Waals surface area contributed by atoms with Crippen molar-refractivity contribution >= 4 is 11.0 Å². The van der Waals surface area contributed by atoms with E-state index in [1.807, 2.05) is 13.3 Å². The van der Waals surface area contributed by atoms with Gasteiger partial charge in [0, 0.05) is 17.5 Å². The molecule has 86 valence electrons. The average molecular weight is 217 g/mol. The number of rotatable bonds is 4. The summed E-state index contributed by atoms with van der Waals surface area (Å²) >= 11 is 0. The lowest BCUT2D eigenvalue weighted by atomic mass is 9.97. The van der Waals surface area contributed by atoms with Crippen molar-refractivity contribution in [2.45, 2.75) is 32.7 Å². The molecule has 0 aliphatic heterocycles. The van der Waals surface area contributed by atoms with E-state index in [1.54, 1.807) is 0 Å². The van der Waals surface area contributed by atoms with E-state index in [1.165, 1.54) is 22.9 Å². The van der Waals surface area contributed by atoms with E-state index in [9.17, 15) is 0 Å². The molecular formula is C14H19NO. The van der Waals surface area contributed by atoms with E-state index in [0.717, 1.165) is 12.1 Å². The molecule has 0 bridgehead atoms. The normalized spacial score (nSPS) is 13.2. The molecule has 0 saturated heterocycles. The summed E-state index contributed by atoms with van der Waals surface area (Å²) in [7, 11) is 1.96. The third-order valence-electron chi connectivity index (χ3n) is 3.23. The fourth-order valence-corrected chi connectivity index (χ4v) is 1.97. The Balaban J connectivity index is 2.45. The van der Waals surface area contributed by atoms with Gasteiger partial charge in [0.05, 0.1) is 6.26 Å². The molecule has 0 spiro atoms. The van der Waals surface area contributed by atoms with Gasteiger partial charge in [0.15, 0.2) is 0 Å². The lowest BCUT2D eigenvalue weighted by Crippen LogP contribution is -2.04. The molecule has 16 heavy (non-hydrogen) atoms. The van der Waals surface area contributed by atoms with Crippen LogP contribution in [0.1, 0.15) is 37.3 Å². The van der Waals surface area contributed by atoms with E-state index < -0.39 is 0 Å². The molecule has 1 aromatic carbocycles. The molecule has 0 radical (unpaired) electrons. The van der Waals surface area contributed by atoms with Gasteiger partial charge in [-0.25, -0.2) is 0 Å². The van der Waals surface area contributed by atoms with Crippen molar-refractivity contribution in [3.63, 3.8) is 0 Å². The van der Waals surface area contributed by atoms with Gasteiger partial charge in [-0.2, -0.15) is 0 Å². The fourth-order valence-electron chi connectivity index (χ4n) is 1.97. The van der Waals surface area contributed by atoms with Crippen molar-refractivity contribution < 1.29 is 4.42 Å². The Morgan fingerprint density at radius 2 is 2.19 bits per heavy atom. The Hall–Kier alpha value is -1.28. The zero-order valence-electron chi connectivity index (χ0n) is 10.2. The van der Waals surface area contributed by atoms with E-state index in [2.05, 4.69) is 37.4 Å². The first-order valence-corrected chi connectivity index (χ1v) is 5.91. The van der Waals surface area contributed by atoms with Gasteiger partial charge in [0.2, 0.25) is 0 Å². The van der Waals surface area contributed by atoms with E-state index in [-0.39, 0.29) is 0 Å². The predicted molar refractivity (Wildman–Crippen MR) is 67.7 cm³/mol. The number of hydrogen-bond acceptors (Lipinski definition) is 2. The van der Waals surface area contributed by atoms with Gasteiger partial charge < -0.3 is 9.73 Å². The predicted octanol–water partition coefficient (Wildman–Crippen LogP) is 3.67. The van der Waals surface area contributed by atoms with Crippen molar-refractivity contribution in [3.05, 3.63) is 35.6 Å². The molecular weight excluding hydrogens is 198 g/mol. The molecule has 1 N–H and O–H groups in total. The quantitative estimate of drug-likeness (QED) is 0.845. The molecule has 0 amide bonds. The monoisotopic (exact) mass is 217 g/mol. The average Bonchev–Trinajstić information content (AvgIpc) is 2.71. The number of benzene rings is 1. The van der Waals surface area contributed by atoms with E-state index >= 15 is 0 Å². The lowest BCUT2D eigenvalue weighted by Gasteiger charge is -2.08. The first-order valence-electron chi connectivity index (χ1n) is 5.91. The van der Waals surface area contributed by atoms with Crippen LogP contribution in [0.3, 0.4) is 0 Å². The molecule has 2 aromatic rings. The summed E-state index contributed by atoms with van der Waals surface area (Å²) in [6, 6.07) is 6.51. The second-order valence-electron chi connectivity index (χ2n) is 4.36. The number of nitrogens with one attached hydrogen (secondary N) is 1. The number of hydrogen-bond donors (Lipinski definition) is 1. The van der Waals surface area contributed by atoms with Gasteiger partial charge >= 0.3 is 0 Å². The second-order valence-corrected chi connectivity index (χ2v) is 4.36. The summed E-state index contributed by atoms with van der Waals surface area (Å²) in [6.45, 7) is 5.34. The van der Waals surface area contributed by atoms with Crippen LogP contribution in [0.4, 0.5) is 0 Å². The van der Waals surface area contributed by atoms with Crippen molar-refractivity contribution in [3.8, 4) is 0 Å². The molecule has 0 aliphatic rings. The zero-order valence-corrected chi connectivity index (χ0v) is 10.2. The minimum atomic E-state index is 0.613. The van der Waals surface area contributed by atoms with E-state index in [0.29, 0.717) is 5.92 Å². The minimum absolute atomic E-state index is 0.613. The highest BCUT2D eigenvalue weighted by atomic mass is 16.3. The van der Waals surface area contributed by atoms with Crippen LogP contribution >= 0.6 is 0 Å². The summed E-state index contributed by atoms with van der Waals surface area (Å²) in [5, 5.41) is 4.41. The highest BCUT2D eigenvalue weighted by Gasteiger charge is 2.08. The Labute approximate surface area is 96.6 Å². The Morgan fingerprint density at radius 1 is 1.38 bits per heavy atom. The third-order valence-corrected chi connectivity index (χ3v) is 3.23. The molecule has 2 rings (SSSR count). The molecule has 1 unspecified atom stereocenters. The molecule has 2 nitrogen and oxygen atoms in total. The molecule has 1 aromatic heterocycles. The number of furan rings is 1. The molecule has 1 atom stereocenters. The van der Waals surface area contributed by atoms with Crippen LogP contribution < -0.4 is 5.32 Å². The van der Waals surface area contributed by atoms with Crippen LogP contribution in [0.15, 0.2) is 28.9 Å². The first kappa shape index (κ1) is 11.2. The topological polar surface area (TPSA) is 25.2 Å². The van der Waals surface area contributed by atoms with Crippen molar-refractivity contribution in [1.29, 1.82) is 0 Å². The van der Waals surface area contributed by atoms with Gasteiger partial charge in [0.1, 0.15) is 5.58 Å². The summed E-state index contributed by atoms with van der Waals surface area (Å²) in [5.74, 6) is 0.613. The first-order chi connectivity index (χ1) is 7.76. The molecule has 0 aliphatic carbocycles. The van der Waals surface area contributed by atoms with Gasteiger partial charge in [-0.05, 0) is 37.1 Å². The Kier molecular flexibility index (Phi) is 3.30. The SMILES string of the molecule is CCC(C)c1ccc2occ(CNC)c2c1. The summed E-state index contributed by atoms with van der Waals surface area (Å²) < 4.78 is 5.53. The maximum atomic E-state index is 5.53. The lowest BCUT2D eigenvalue weighted by molar-refractivity contribution is 0.607. The van der Waals surface area contributed by atoms with Gasteiger partial charge in [0.25, 0.3) is 0 Å². The van der Waals surface area contributed by atoms with Crippen LogP contribution in [-0.2, 0) is 6.54 Å². The van der Waals surface area contributed by atoms with Gasteiger partial charge in [-0.1, -0.05) is 19.9 Å². The van der Waals surface area contributed by atoms with Crippen LogP contribution in [0, 0.1) is 0 Å². The molecule has 0 saturated carbocycles. The van der Waals surface area contributed by atoms with Crippen LogP contribution in [0.5, 0.6) is 0 Å². The van der Waals surface area contributed by atoms with Crippen LogP contribution in [-0.4, -0.2) is 7.05 Å². The smallest absolute Gasteiger partial charge is 0.134 e. The van der Waals surface area contributed by atoms with Crippen molar-refractivity contribution in [2.75, 3.05) is 7.05 Å². The molecule has 2 heteroatoms. The van der Waals surface area contributed by atoms with Gasteiger partial charge in [-0.3, -0.25) is 0 Å². The maximum absolute atomic E-state index is 5.53. The number of fused-ring (bicyclic) bond motifs is 1. The maximum Gasteiger partial charge on any atom is 0.134 e. The van der Waals surface area contributed by atoms with Crippen molar-refractivity contribution in [2.24, 2.45) is 0 Å². The molecule has 1 heterocycles. The largest absolute Gasteiger partial charge is 0.464 e. The second kappa shape index (κ2) is 4.71. The zero-order chi connectivity index (χ0) is 11.5. The highest BCUT2D eigenvalue weighted by molar-refractivity contribution is 5.81. The van der Waals surface area contributed by atoms with E-state index in [4.69, 9.17) is 4.42 Å². The highest BCUT2D eigenvalue weighted by Crippen LogP contribution is 2.27. The van der Waals surface area contributed by atoms with Crippen LogP contribution in [0.2, 0.25) is 0 Å². The summed E-state index contributed by atoms with van der Waals surface area (Å²) in [5.41, 5.74) is 3.62. The van der Waals surface area contributed by atoms with Gasteiger partial charge in [-0.15, -0.1) is 0 Å². The fraction of sp³-hybridized carbons (Fsp3) is 0.429. The van der Waals surface area contributed by atoms with Crippen molar-refractivity contribution in [1.82, 2.24) is 5.32 Å². The van der Waals surface area contributed by atoms with Crippen LogP contribution in [0.25, 0.3) is 11.0 Å². The minimum Gasteiger partial charge on any atom is -0.464 e. The summed E-state index contributed by atoms with van der Waals surface area (Å²) in [4.78, 5) is 0.